The maximum Gasteiger partial charge on any atom is 0.337 e. The van der Waals surface area contributed by atoms with Crippen molar-refractivity contribution in [1.82, 2.24) is 4.72 Å². The van der Waals surface area contributed by atoms with Crippen molar-refractivity contribution in [3.8, 4) is 0 Å². The van der Waals surface area contributed by atoms with E-state index in [1.165, 1.54) is 18.2 Å². The van der Waals surface area contributed by atoms with E-state index in [1.54, 1.807) is 0 Å². The molecular formula is C17H28N2O5S. The Morgan fingerprint density at radius 3 is 2.56 bits per heavy atom. The number of hydrogen-bond donors (Lipinski definition) is 3. The van der Waals surface area contributed by atoms with E-state index in [0.29, 0.717) is 32.0 Å². The monoisotopic (exact) mass is 372 g/mol. The molecule has 0 aliphatic heterocycles. The first kappa shape index (κ1) is 21.4. The molecule has 0 atom stereocenters. The molecule has 0 saturated carbocycles. The molecule has 0 spiro atoms. The van der Waals surface area contributed by atoms with Crippen LogP contribution in [0.1, 0.15) is 49.9 Å². The molecule has 0 amide bonds. The second-order valence-corrected chi connectivity index (χ2v) is 7.36. The number of rotatable bonds is 13. The first-order valence-electron chi connectivity index (χ1n) is 8.61. The van der Waals surface area contributed by atoms with Gasteiger partial charge in [-0.15, -0.1) is 0 Å². The van der Waals surface area contributed by atoms with Gasteiger partial charge < -0.3 is 15.2 Å². The number of unbranched alkanes of at least 4 members (excludes halogenated alkanes) is 2. The zero-order valence-electron chi connectivity index (χ0n) is 14.9. The van der Waals surface area contributed by atoms with Gasteiger partial charge in [-0.1, -0.05) is 19.8 Å². The molecule has 0 bridgehead atoms. The third kappa shape index (κ3) is 7.41. The van der Waals surface area contributed by atoms with Gasteiger partial charge in [0.25, 0.3) is 0 Å². The van der Waals surface area contributed by atoms with E-state index >= 15 is 0 Å². The minimum atomic E-state index is -3.71. The van der Waals surface area contributed by atoms with Gasteiger partial charge in [0.2, 0.25) is 10.0 Å². The number of aromatic carboxylic acids is 1. The van der Waals surface area contributed by atoms with Crippen molar-refractivity contribution in [3.05, 3.63) is 23.8 Å². The molecule has 0 fully saturated rings. The minimum absolute atomic E-state index is 0.0405. The number of hydrogen-bond acceptors (Lipinski definition) is 5. The number of ether oxygens (including phenoxy) is 1. The Morgan fingerprint density at radius 1 is 1.16 bits per heavy atom. The van der Waals surface area contributed by atoms with Crippen molar-refractivity contribution >= 4 is 21.7 Å². The van der Waals surface area contributed by atoms with E-state index in [0.717, 1.165) is 25.7 Å². The van der Waals surface area contributed by atoms with Crippen molar-refractivity contribution in [1.29, 1.82) is 0 Å². The standard InChI is InChI=1S/C17H28N2O5S/c1-3-5-6-11-19-25(22,23)14-8-9-16(15(13-14)17(20)21)18-10-7-12-24-4-2/h8-9,13,18-19H,3-7,10-12H2,1-2H3,(H,20,21). The molecule has 0 saturated heterocycles. The van der Waals surface area contributed by atoms with E-state index in [-0.39, 0.29) is 10.5 Å². The van der Waals surface area contributed by atoms with Crippen molar-refractivity contribution in [3.63, 3.8) is 0 Å². The van der Waals surface area contributed by atoms with Crippen LogP contribution in [0.5, 0.6) is 0 Å². The maximum absolute atomic E-state index is 12.3. The molecule has 0 aliphatic carbocycles. The quantitative estimate of drug-likeness (QED) is 0.460. The number of nitrogens with one attached hydrogen (secondary N) is 2. The highest BCUT2D eigenvalue weighted by Gasteiger charge is 2.18. The molecule has 0 aromatic heterocycles. The zero-order chi connectivity index (χ0) is 18.7. The normalized spacial score (nSPS) is 11.4. The summed E-state index contributed by atoms with van der Waals surface area (Å²) in [6.45, 7) is 6.05. The number of carboxylic acids is 1. The van der Waals surface area contributed by atoms with Crippen molar-refractivity contribution in [2.24, 2.45) is 0 Å². The van der Waals surface area contributed by atoms with Crippen LogP contribution in [-0.4, -0.2) is 45.8 Å². The van der Waals surface area contributed by atoms with Crippen molar-refractivity contribution in [2.75, 3.05) is 31.6 Å². The largest absolute Gasteiger partial charge is 0.478 e. The highest BCUT2D eigenvalue weighted by molar-refractivity contribution is 7.89. The fourth-order valence-corrected chi connectivity index (χ4v) is 3.33. The van der Waals surface area contributed by atoms with Crippen LogP contribution >= 0.6 is 0 Å². The molecule has 1 rings (SSSR count). The van der Waals surface area contributed by atoms with Gasteiger partial charge in [0, 0.05) is 32.0 Å². The van der Waals surface area contributed by atoms with Gasteiger partial charge >= 0.3 is 5.97 Å². The smallest absolute Gasteiger partial charge is 0.337 e. The molecule has 0 aliphatic rings. The number of sulfonamides is 1. The van der Waals surface area contributed by atoms with Crippen LogP contribution in [0.4, 0.5) is 5.69 Å². The zero-order valence-corrected chi connectivity index (χ0v) is 15.7. The molecule has 1 aromatic rings. The minimum Gasteiger partial charge on any atom is -0.478 e. The highest BCUT2D eigenvalue weighted by atomic mass is 32.2. The number of anilines is 1. The summed E-state index contributed by atoms with van der Waals surface area (Å²) in [5.74, 6) is -1.17. The fraction of sp³-hybridized carbons (Fsp3) is 0.588. The highest BCUT2D eigenvalue weighted by Crippen LogP contribution is 2.21. The summed E-state index contributed by atoms with van der Waals surface area (Å²) in [5.41, 5.74) is 0.335. The predicted octanol–water partition coefficient (Wildman–Crippen LogP) is 2.69. The Bertz CT molecular complexity index is 646. The SMILES string of the molecule is CCCCCNS(=O)(=O)c1ccc(NCCCOCC)c(C(=O)O)c1. The van der Waals surface area contributed by atoms with Gasteiger partial charge in [-0.05, 0) is 38.0 Å². The summed E-state index contributed by atoms with van der Waals surface area (Å²) in [6, 6.07) is 4.10. The fourth-order valence-electron chi connectivity index (χ4n) is 2.23. The molecule has 8 heteroatoms. The van der Waals surface area contributed by atoms with E-state index in [2.05, 4.69) is 10.0 Å². The summed E-state index contributed by atoms with van der Waals surface area (Å²) in [7, 11) is -3.71. The average molecular weight is 372 g/mol. The first-order chi connectivity index (χ1) is 11.9. The number of carboxylic acid groups (broad SMARTS) is 1. The summed E-state index contributed by atoms with van der Waals surface area (Å²) in [5, 5.41) is 12.4. The third-order valence-electron chi connectivity index (χ3n) is 3.59. The Balaban J connectivity index is 2.80. The van der Waals surface area contributed by atoms with Crippen molar-refractivity contribution in [2.45, 2.75) is 44.4 Å². The Morgan fingerprint density at radius 2 is 1.92 bits per heavy atom. The average Bonchev–Trinajstić information content (AvgIpc) is 2.58. The molecule has 142 valence electrons. The van der Waals surface area contributed by atoms with Crippen LogP contribution in [0.3, 0.4) is 0 Å². The van der Waals surface area contributed by atoms with Gasteiger partial charge in [-0.3, -0.25) is 0 Å². The van der Waals surface area contributed by atoms with Gasteiger partial charge in [0.05, 0.1) is 10.5 Å². The summed E-state index contributed by atoms with van der Waals surface area (Å²) < 4.78 is 32.3. The third-order valence-corrected chi connectivity index (χ3v) is 5.05. The van der Waals surface area contributed by atoms with Gasteiger partial charge in [0.1, 0.15) is 0 Å². The summed E-state index contributed by atoms with van der Waals surface area (Å²) >= 11 is 0. The van der Waals surface area contributed by atoms with Crippen LogP contribution in [0.25, 0.3) is 0 Å². The molecule has 0 radical (unpaired) electrons. The lowest BCUT2D eigenvalue weighted by atomic mass is 10.2. The Labute approximate surface area is 149 Å². The van der Waals surface area contributed by atoms with E-state index in [4.69, 9.17) is 4.74 Å². The first-order valence-corrected chi connectivity index (χ1v) is 10.1. The lowest BCUT2D eigenvalue weighted by Gasteiger charge is -2.12. The van der Waals surface area contributed by atoms with Crippen molar-refractivity contribution < 1.29 is 23.1 Å². The number of carbonyl (C=O) groups is 1. The van der Waals surface area contributed by atoms with Gasteiger partial charge in [-0.2, -0.15) is 0 Å². The Hall–Kier alpha value is -1.64. The van der Waals surface area contributed by atoms with Crippen LogP contribution in [0.2, 0.25) is 0 Å². The van der Waals surface area contributed by atoms with Crippen LogP contribution in [0.15, 0.2) is 23.1 Å². The lowest BCUT2D eigenvalue weighted by molar-refractivity contribution is 0.0697. The number of benzene rings is 1. The van der Waals surface area contributed by atoms with E-state index in [9.17, 15) is 18.3 Å². The molecule has 0 heterocycles. The predicted molar refractivity (Wildman–Crippen MR) is 97.7 cm³/mol. The van der Waals surface area contributed by atoms with Crippen LogP contribution in [-0.2, 0) is 14.8 Å². The second kappa shape index (κ2) is 11.1. The van der Waals surface area contributed by atoms with Gasteiger partial charge in [0.15, 0.2) is 0 Å². The molecular weight excluding hydrogens is 344 g/mol. The van der Waals surface area contributed by atoms with Crippen LogP contribution < -0.4 is 10.0 Å². The summed E-state index contributed by atoms with van der Waals surface area (Å²) in [4.78, 5) is 11.4. The topological polar surface area (TPSA) is 105 Å². The molecule has 0 unspecified atom stereocenters. The maximum atomic E-state index is 12.3. The van der Waals surface area contributed by atoms with Crippen LogP contribution in [0, 0.1) is 0 Å². The summed E-state index contributed by atoms with van der Waals surface area (Å²) in [6.07, 6.45) is 3.41. The Kier molecular flexibility index (Phi) is 9.48. The molecule has 25 heavy (non-hydrogen) atoms. The molecule has 7 nitrogen and oxygen atoms in total. The second-order valence-electron chi connectivity index (χ2n) is 5.59. The van der Waals surface area contributed by atoms with E-state index < -0.39 is 16.0 Å². The lowest BCUT2D eigenvalue weighted by Crippen LogP contribution is -2.25. The molecule has 1 aromatic carbocycles. The van der Waals surface area contributed by atoms with Gasteiger partial charge in [-0.25, -0.2) is 17.9 Å². The molecule has 3 N–H and O–H groups in total. The van der Waals surface area contributed by atoms with E-state index in [1.807, 2.05) is 13.8 Å².